The van der Waals surface area contributed by atoms with Crippen molar-refractivity contribution in [3.63, 3.8) is 0 Å². The van der Waals surface area contributed by atoms with E-state index in [4.69, 9.17) is 23.2 Å². The van der Waals surface area contributed by atoms with Crippen LogP contribution in [-0.4, -0.2) is 28.5 Å². The van der Waals surface area contributed by atoms with E-state index in [0.29, 0.717) is 15.2 Å². The largest absolute Gasteiger partial charge is 0.468 e. The highest BCUT2D eigenvalue weighted by atomic mass is 35.5. The van der Waals surface area contributed by atoms with Crippen molar-refractivity contribution in [2.75, 3.05) is 7.11 Å². The fraction of sp³-hybridized carbons (Fsp3) is 0.118. The topological polar surface area (TPSA) is 104 Å². The van der Waals surface area contributed by atoms with E-state index in [1.165, 1.54) is 48.1 Å². The van der Waals surface area contributed by atoms with Crippen molar-refractivity contribution in [2.45, 2.75) is 6.54 Å². The second-order valence-corrected chi connectivity index (χ2v) is 7.35. The van der Waals surface area contributed by atoms with Gasteiger partial charge in [-0.25, -0.2) is 0 Å². The number of ether oxygens (including phenoxy) is 1. The number of nitro groups is 1. The molecule has 0 spiro atoms. The fourth-order valence-corrected chi connectivity index (χ4v) is 3.85. The molecule has 144 valence electrons. The summed E-state index contributed by atoms with van der Waals surface area (Å²) in [7, 11) is 1.23. The van der Waals surface area contributed by atoms with Gasteiger partial charge in [-0.05, 0) is 24.3 Å². The van der Waals surface area contributed by atoms with Gasteiger partial charge < -0.3 is 9.30 Å². The maximum Gasteiger partial charge on any atom is 0.325 e. The number of fused-ring (bicyclic) bond motifs is 1. The Morgan fingerprint density at radius 2 is 2.00 bits per heavy atom. The third kappa shape index (κ3) is 4.06. The minimum Gasteiger partial charge on any atom is -0.468 e. The van der Waals surface area contributed by atoms with Crippen LogP contribution in [0.1, 0.15) is 10.4 Å². The minimum absolute atomic E-state index is 0.0993. The minimum atomic E-state index is -0.660. The summed E-state index contributed by atoms with van der Waals surface area (Å²) in [5.74, 6) is -1.22. The van der Waals surface area contributed by atoms with Gasteiger partial charge in [-0.2, -0.15) is 4.99 Å². The summed E-state index contributed by atoms with van der Waals surface area (Å²) in [6, 6.07) is 8.55. The maximum atomic E-state index is 12.6. The van der Waals surface area contributed by atoms with Crippen LogP contribution in [0.4, 0.5) is 5.69 Å². The first kappa shape index (κ1) is 20.0. The highest BCUT2D eigenvalue weighted by Crippen LogP contribution is 2.24. The average molecular weight is 440 g/mol. The molecule has 0 atom stereocenters. The number of rotatable bonds is 4. The number of carbonyl (C=O) groups is 2. The molecule has 0 unspecified atom stereocenters. The van der Waals surface area contributed by atoms with Crippen LogP contribution >= 0.6 is 34.5 Å². The smallest absolute Gasteiger partial charge is 0.325 e. The predicted octanol–water partition coefficient (Wildman–Crippen LogP) is 3.83. The SMILES string of the molecule is COC(=O)Cn1c(=NC(=O)c2cc(Cl)ccc2Cl)sc2cc([N+](=O)[O-])ccc21. The van der Waals surface area contributed by atoms with Gasteiger partial charge in [0.15, 0.2) is 4.80 Å². The molecule has 3 aromatic rings. The van der Waals surface area contributed by atoms with Gasteiger partial charge in [0.05, 0.1) is 32.8 Å². The Morgan fingerprint density at radius 3 is 2.68 bits per heavy atom. The van der Waals surface area contributed by atoms with Crippen LogP contribution < -0.4 is 4.80 Å². The number of benzene rings is 2. The zero-order valence-corrected chi connectivity index (χ0v) is 16.5. The monoisotopic (exact) mass is 439 g/mol. The number of esters is 1. The molecule has 1 heterocycles. The van der Waals surface area contributed by atoms with Crippen LogP contribution in [0.15, 0.2) is 41.4 Å². The standard InChI is InChI=1S/C17H11Cl2N3O5S/c1-27-15(23)8-21-13-5-3-10(22(25)26)7-14(13)28-17(21)20-16(24)11-6-9(18)2-4-12(11)19/h2-7H,8H2,1H3. The zero-order valence-electron chi connectivity index (χ0n) is 14.2. The first-order valence-electron chi connectivity index (χ1n) is 7.69. The van der Waals surface area contributed by atoms with E-state index in [2.05, 4.69) is 9.73 Å². The van der Waals surface area contributed by atoms with Crippen LogP contribution in [0.2, 0.25) is 10.0 Å². The van der Waals surface area contributed by atoms with Gasteiger partial charge in [0.1, 0.15) is 6.54 Å². The third-order valence-corrected chi connectivity index (χ3v) is 5.35. The summed E-state index contributed by atoms with van der Waals surface area (Å²) in [5.41, 5.74) is 0.488. The highest BCUT2D eigenvalue weighted by molar-refractivity contribution is 7.16. The Kier molecular flexibility index (Phi) is 5.78. The molecule has 1 amide bonds. The molecule has 0 bridgehead atoms. The number of carbonyl (C=O) groups excluding carboxylic acids is 2. The Hall–Kier alpha value is -2.75. The van der Waals surface area contributed by atoms with E-state index in [9.17, 15) is 19.7 Å². The van der Waals surface area contributed by atoms with Gasteiger partial charge in [-0.15, -0.1) is 0 Å². The molecule has 0 radical (unpaired) electrons. The van der Waals surface area contributed by atoms with E-state index in [0.717, 1.165) is 11.3 Å². The van der Waals surface area contributed by atoms with Crippen molar-refractivity contribution in [1.29, 1.82) is 0 Å². The summed E-state index contributed by atoms with van der Waals surface area (Å²) in [6.07, 6.45) is 0. The molecule has 11 heteroatoms. The second-order valence-electron chi connectivity index (χ2n) is 5.50. The summed E-state index contributed by atoms with van der Waals surface area (Å²) in [6.45, 7) is -0.219. The number of methoxy groups -OCH3 is 1. The predicted molar refractivity (Wildman–Crippen MR) is 105 cm³/mol. The molecule has 0 aliphatic heterocycles. The Morgan fingerprint density at radius 1 is 1.25 bits per heavy atom. The molecule has 3 rings (SSSR count). The molecule has 0 N–H and O–H groups in total. The lowest BCUT2D eigenvalue weighted by atomic mass is 10.2. The van der Waals surface area contributed by atoms with E-state index in [-0.39, 0.29) is 27.6 Å². The van der Waals surface area contributed by atoms with Gasteiger partial charge >= 0.3 is 5.97 Å². The van der Waals surface area contributed by atoms with E-state index >= 15 is 0 Å². The first-order chi connectivity index (χ1) is 13.3. The molecule has 2 aromatic carbocycles. The summed E-state index contributed by atoms with van der Waals surface area (Å²) in [5, 5.41) is 11.5. The Labute approximate surface area is 171 Å². The van der Waals surface area contributed by atoms with Gasteiger partial charge in [0, 0.05) is 17.2 Å². The number of hydrogen-bond donors (Lipinski definition) is 0. The van der Waals surface area contributed by atoms with Crippen molar-refractivity contribution in [2.24, 2.45) is 4.99 Å². The van der Waals surface area contributed by atoms with Gasteiger partial charge in [0.2, 0.25) is 0 Å². The number of hydrogen-bond acceptors (Lipinski definition) is 6. The molecule has 0 saturated heterocycles. The molecule has 0 aliphatic carbocycles. The van der Waals surface area contributed by atoms with E-state index < -0.39 is 16.8 Å². The summed E-state index contributed by atoms with van der Waals surface area (Å²) >= 11 is 13.0. The average Bonchev–Trinajstić information content (AvgIpc) is 2.99. The van der Waals surface area contributed by atoms with Crippen molar-refractivity contribution in [1.82, 2.24) is 4.57 Å². The van der Waals surface area contributed by atoms with Gasteiger partial charge in [0.25, 0.3) is 11.6 Å². The lowest BCUT2D eigenvalue weighted by Crippen LogP contribution is -2.22. The first-order valence-corrected chi connectivity index (χ1v) is 9.26. The van der Waals surface area contributed by atoms with Crippen LogP contribution in [0.5, 0.6) is 0 Å². The molecule has 0 saturated carbocycles. The number of nitrogens with zero attached hydrogens (tertiary/aromatic N) is 3. The number of aromatic nitrogens is 1. The van der Waals surface area contributed by atoms with Crippen molar-refractivity contribution in [3.05, 3.63) is 66.9 Å². The number of amides is 1. The van der Waals surface area contributed by atoms with Crippen LogP contribution in [-0.2, 0) is 16.1 Å². The fourth-order valence-electron chi connectivity index (χ4n) is 2.42. The molecular formula is C17H11Cl2N3O5S. The number of halogens is 2. The Balaban J connectivity index is 2.19. The maximum absolute atomic E-state index is 12.6. The molecule has 28 heavy (non-hydrogen) atoms. The number of thiazole rings is 1. The quantitative estimate of drug-likeness (QED) is 0.349. The van der Waals surface area contributed by atoms with Crippen molar-refractivity contribution < 1.29 is 19.2 Å². The van der Waals surface area contributed by atoms with Crippen LogP contribution in [0.25, 0.3) is 10.2 Å². The lowest BCUT2D eigenvalue weighted by Gasteiger charge is -2.04. The molecule has 0 fully saturated rings. The van der Waals surface area contributed by atoms with Crippen LogP contribution in [0.3, 0.4) is 0 Å². The second kappa shape index (κ2) is 8.09. The van der Waals surface area contributed by atoms with Gasteiger partial charge in [-0.1, -0.05) is 34.5 Å². The molecule has 1 aromatic heterocycles. The normalized spacial score (nSPS) is 11.6. The van der Waals surface area contributed by atoms with E-state index in [1.54, 1.807) is 0 Å². The lowest BCUT2D eigenvalue weighted by molar-refractivity contribution is -0.384. The molecular weight excluding hydrogens is 429 g/mol. The highest BCUT2D eigenvalue weighted by Gasteiger charge is 2.16. The third-order valence-electron chi connectivity index (χ3n) is 3.75. The summed E-state index contributed by atoms with van der Waals surface area (Å²) < 4.78 is 6.62. The Bertz CT molecular complexity index is 1190. The van der Waals surface area contributed by atoms with Gasteiger partial charge in [-0.3, -0.25) is 19.7 Å². The molecule has 8 nitrogen and oxygen atoms in total. The zero-order chi connectivity index (χ0) is 20.4. The van der Waals surface area contributed by atoms with Crippen LogP contribution in [0, 0.1) is 10.1 Å². The van der Waals surface area contributed by atoms with Crippen molar-refractivity contribution >= 4 is 62.3 Å². The number of non-ortho nitro benzene ring substituents is 1. The summed E-state index contributed by atoms with van der Waals surface area (Å²) in [4.78, 5) is 39.1. The molecule has 0 aliphatic rings. The number of nitro benzene ring substituents is 1. The van der Waals surface area contributed by atoms with E-state index in [1.807, 2.05) is 0 Å². The van der Waals surface area contributed by atoms with Crippen molar-refractivity contribution in [3.8, 4) is 0 Å².